The molecule has 120 valence electrons. The summed E-state index contributed by atoms with van der Waals surface area (Å²) in [5.41, 5.74) is 1.20. The summed E-state index contributed by atoms with van der Waals surface area (Å²) in [5, 5.41) is 3.46. The highest BCUT2D eigenvalue weighted by Gasteiger charge is 2.33. The van der Waals surface area contributed by atoms with E-state index in [0.717, 1.165) is 26.1 Å². The predicted molar refractivity (Wildman–Crippen MR) is 93.8 cm³/mol. The molecule has 2 atom stereocenters. The summed E-state index contributed by atoms with van der Waals surface area (Å²) in [6.07, 6.45) is 12.1. The van der Waals surface area contributed by atoms with Crippen molar-refractivity contribution in [2.24, 2.45) is 5.92 Å². The van der Waals surface area contributed by atoms with Crippen molar-refractivity contribution in [3.63, 3.8) is 0 Å². The fourth-order valence-electron chi connectivity index (χ4n) is 3.05. The van der Waals surface area contributed by atoms with E-state index in [1.807, 2.05) is 0 Å². The third-order valence-electron chi connectivity index (χ3n) is 4.44. The third kappa shape index (κ3) is 4.82. The van der Waals surface area contributed by atoms with E-state index in [9.17, 15) is 0 Å². The summed E-state index contributed by atoms with van der Waals surface area (Å²) in [6, 6.07) is 10.5. The molecule has 0 bridgehead atoms. The Morgan fingerprint density at radius 1 is 1.23 bits per heavy atom. The lowest BCUT2D eigenvalue weighted by Crippen LogP contribution is -2.40. The van der Waals surface area contributed by atoms with E-state index in [1.165, 1.54) is 18.4 Å². The molecule has 1 aromatic rings. The molecule has 0 saturated carbocycles. The van der Waals surface area contributed by atoms with Crippen molar-refractivity contribution in [1.82, 2.24) is 5.32 Å². The Morgan fingerprint density at radius 2 is 2.05 bits per heavy atom. The highest BCUT2D eigenvalue weighted by molar-refractivity contribution is 5.20. The van der Waals surface area contributed by atoms with Gasteiger partial charge in [-0.15, -0.1) is 0 Å². The lowest BCUT2D eigenvalue weighted by atomic mass is 9.80. The molecular formula is C20H29NO. The van der Waals surface area contributed by atoms with Gasteiger partial charge in [-0.25, -0.2) is 0 Å². The molecule has 1 aliphatic rings. The zero-order chi connectivity index (χ0) is 15.7. The second-order valence-electron chi connectivity index (χ2n) is 6.15. The number of allylic oxidation sites excluding steroid dienone is 2. The van der Waals surface area contributed by atoms with Crippen LogP contribution in [-0.2, 0) is 11.3 Å². The van der Waals surface area contributed by atoms with Crippen molar-refractivity contribution < 1.29 is 4.74 Å². The number of nitrogens with one attached hydrogen (secondary N) is 1. The van der Waals surface area contributed by atoms with E-state index in [-0.39, 0.29) is 5.60 Å². The molecule has 0 spiro atoms. The SMILES string of the molecule is CCCC(C)C1(OCCNCc2ccccc2)C=CC=CC1. The Hall–Kier alpha value is -1.38. The smallest absolute Gasteiger partial charge is 0.0925 e. The minimum Gasteiger partial charge on any atom is -0.369 e. The molecule has 1 aliphatic carbocycles. The Kier molecular flexibility index (Phi) is 6.88. The topological polar surface area (TPSA) is 21.3 Å². The average Bonchev–Trinajstić information content (AvgIpc) is 2.56. The van der Waals surface area contributed by atoms with Crippen molar-refractivity contribution in [2.75, 3.05) is 13.2 Å². The van der Waals surface area contributed by atoms with E-state index >= 15 is 0 Å². The van der Waals surface area contributed by atoms with Crippen LogP contribution in [0.1, 0.15) is 38.7 Å². The van der Waals surface area contributed by atoms with Crippen molar-refractivity contribution in [3.05, 3.63) is 60.2 Å². The lowest BCUT2D eigenvalue weighted by molar-refractivity contribution is -0.0455. The molecule has 2 unspecified atom stereocenters. The Balaban J connectivity index is 1.77. The average molecular weight is 299 g/mol. The molecular weight excluding hydrogens is 270 g/mol. The maximum absolute atomic E-state index is 6.32. The Morgan fingerprint density at radius 3 is 2.73 bits per heavy atom. The molecule has 1 aromatic carbocycles. The zero-order valence-corrected chi connectivity index (χ0v) is 13.9. The highest BCUT2D eigenvalue weighted by Crippen LogP contribution is 2.33. The van der Waals surface area contributed by atoms with Gasteiger partial charge < -0.3 is 10.1 Å². The third-order valence-corrected chi connectivity index (χ3v) is 4.44. The minimum atomic E-state index is -0.112. The molecule has 0 aromatic heterocycles. The van der Waals surface area contributed by atoms with Crippen LogP contribution >= 0.6 is 0 Å². The fourth-order valence-corrected chi connectivity index (χ4v) is 3.05. The summed E-state index contributed by atoms with van der Waals surface area (Å²) >= 11 is 0. The van der Waals surface area contributed by atoms with Crippen LogP contribution < -0.4 is 5.32 Å². The molecule has 2 heteroatoms. The van der Waals surface area contributed by atoms with Crippen LogP contribution in [0.2, 0.25) is 0 Å². The standard InChI is InChI=1S/C20H29NO/c1-3-10-18(2)20(13-8-5-9-14-20)22-16-15-21-17-19-11-6-4-7-12-19/h4-9,11-13,18,21H,3,10,14-17H2,1-2H3. The van der Waals surface area contributed by atoms with E-state index in [1.54, 1.807) is 0 Å². The largest absolute Gasteiger partial charge is 0.369 e. The van der Waals surface area contributed by atoms with Crippen LogP contribution in [0.15, 0.2) is 54.6 Å². The van der Waals surface area contributed by atoms with Crippen molar-refractivity contribution in [3.8, 4) is 0 Å². The number of ether oxygens (including phenoxy) is 1. The molecule has 1 N–H and O–H groups in total. The van der Waals surface area contributed by atoms with Gasteiger partial charge in [0.1, 0.15) is 0 Å². The second-order valence-corrected chi connectivity index (χ2v) is 6.15. The maximum atomic E-state index is 6.32. The summed E-state index contributed by atoms with van der Waals surface area (Å²) in [5.74, 6) is 0.549. The molecule has 0 amide bonds. The van der Waals surface area contributed by atoms with Gasteiger partial charge in [0.05, 0.1) is 12.2 Å². The molecule has 0 fully saturated rings. The van der Waals surface area contributed by atoms with Gasteiger partial charge in [0.25, 0.3) is 0 Å². The van der Waals surface area contributed by atoms with Gasteiger partial charge in [0.15, 0.2) is 0 Å². The second kappa shape index (κ2) is 8.92. The molecule has 0 saturated heterocycles. The quantitative estimate of drug-likeness (QED) is 0.679. The minimum absolute atomic E-state index is 0.112. The fraction of sp³-hybridized carbons (Fsp3) is 0.500. The first kappa shape index (κ1) is 17.0. The van der Waals surface area contributed by atoms with E-state index < -0.39 is 0 Å². The van der Waals surface area contributed by atoms with Crippen molar-refractivity contribution in [2.45, 2.75) is 45.3 Å². The van der Waals surface area contributed by atoms with Gasteiger partial charge >= 0.3 is 0 Å². The monoisotopic (exact) mass is 299 g/mol. The van der Waals surface area contributed by atoms with Gasteiger partial charge in [-0.3, -0.25) is 0 Å². The van der Waals surface area contributed by atoms with Crippen LogP contribution in [-0.4, -0.2) is 18.8 Å². The molecule has 22 heavy (non-hydrogen) atoms. The molecule has 2 rings (SSSR count). The molecule has 0 radical (unpaired) electrons. The number of benzene rings is 1. The van der Waals surface area contributed by atoms with Gasteiger partial charge in [-0.05, 0) is 24.3 Å². The van der Waals surface area contributed by atoms with Gasteiger partial charge in [0.2, 0.25) is 0 Å². The zero-order valence-electron chi connectivity index (χ0n) is 13.9. The Bertz CT molecular complexity index is 480. The van der Waals surface area contributed by atoms with Crippen LogP contribution in [0.4, 0.5) is 0 Å². The lowest BCUT2D eigenvalue weighted by Gasteiger charge is -2.37. The normalized spacial score (nSPS) is 21.9. The molecule has 0 heterocycles. The van der Waals surface area contributed by atoms with Crippen molar-refractivity contribution in [1.29, 1.82) is 0 Å². The first-order valence-electron chi connectivity index (χ1n) is 8.50. The Labute approximate surface area is 135 Å². The van der Waals surface area contributed by atoms with Gasteiger partial charge in [-0.2, -0.15) is 0 Å². The van der Waals surface area contributed by atoms with Crippen LogP contribution in [0.3, 0.4) is 0 Å². The van der Waals surface area contributed by atoms with Crippen LogP contribution in [0, 0.1) is 5.92 Å². The van der Waals surface area contributed by atoms with Gasteiger partial charge in [0, 0.05) is 13.1 Å². The summed E-state index contributed by atoms with van der Waals surface area (Å²) in [4.78, 5) is 0. The molecule has 2 nitrogen and oxygen atoms in total. The molecule has 0 aliphatic heterocycles. The van der Waals surface area contributed by atoms with E-state index in [0.29, 0.717) is 5.92 Å². The highest BCUT2D eigenvalue weighted by atomic mass is 16.5. The predicted octanol–water partition coefficient (Wildman–Crippen LogP) is 4.48. The summed E-state index contributed by atoms with van der Waals surface area (Å²) in [7, 11) is 0. The van der Waals surface area contributed by atoms with Crippen molar-refractivity contribution >= 4 is 0 Å². The number of hydrogen-bond donors (Lipinski definition) is 1. The first-order chi connectivity index (χ1) is 10.8. The van der Waals surface area contributed by atoms with E-state index in [4.69, 9.17) is 4.74 Å². The first-order valence-corrected chi connectivity index (χ1v) is 8.50. The maximum Gasteiger partial charge on any atom is 0.0925 e. The van der Waals surface area contributed by atoms with Crippen LogP contribution in [0.25, 0.3) is 0 Å². The number of rotatable bonds is 9. The summed E-state index contributed by atoms with van der Waals surface area (Å²) < 4.78 is 6.32. The number of hydrogen-bond acceptors (Lipinski definition) is 2. The van der Waals surface area contributed by atoms with Gasteiger partial charge in [-0.1, -0.05) is 74.9 Å². The van der Waals surface area contributed by atoms with E-state index in [2.05, 4.69) is 73.8 Å². The van der Waals surface area contributed by atoms with Crippen LogP contribution in [0.5, 0.6) is 0 Å². The summed E-state index contributed by atoms with van der Waals surface area (Å²) in [6.45, 7) is 7.09.